The second-order valence-corrected chi connectivity index (χ2v) is 44.0. The molecule has 0 spiro atoms. The van der Waals surface area contributed by atoms with Crippen LogP contribution in [0.5, 0.6) is 11.5 Å². The van der Waals surface area contributed by atoms with Crippen molar-refractivity contribution in [2.24, 2.45) is 47.3 Å². The number of ether oxygens (including phenoxy) is 6. The number of amides is 5. The number of ketones is 2. The fraction of sp³-hybridized carbons (Fsp3) is 0.580. The zero-order chi connectivity index (χ0) is 111. The van der Waals surface area contributed by atoms with Crippen LogP contribution in [-0.2, 0) is 98.8 Å². The minimum Gasteiger partial charge on any atom is -0.508 e. The molecule has 2 aliphatic rings. The first kappa shape index (κ1) is 129. The number of Topliss-reactive ketones (excluding diaryl/α,β-unsaturated/α-hetero) is 2. The molecule has 15 atom stereocenters. The number of aromatic hydroxyl groups is 2. The molecule has 6 heterocycles. The number of phenols is 2. The van der Waals surface area contributed by atoms with Gasteiger partial charge < -0.3 is 64.6 Å². The molecule has 5 amide bonds. The lowest BCUT2D eigenvalue weighted by Gasteiger charge is -2.39. The second-order valence-electron chi connectivity index (χ2n) is 36.5. The van der Waals surface area contributed by atoms with Gasteiger partial charge in [-0.1, -0.05) is 157 Å². The number of carboxylic acid groups (broad SMARTS) is 1. The highest BCUT2D eigenvalue weighted by Gasteiger charge is 2.43. The number of likely N-dealkylation sites (tertiary alicyclic amines) is 2. The minimum absolute atomic E-state index is 0.00285. The van der Waals surface area contributed by atoms with E-state index in [9.17, 15) is 107 Å². The number of nitrogens with zero attached hydrogens (tertiary/aromatic N) is 10. The number of esters is 6. The number of carbonyl (C=O) groups excluding carboxylic acids is 13. The number of carbonyl (C=O) groups is 14. The van der Waals surface area contributed by atoms with Gasteiger partial charge in [0.05, 0.1) is 30.5 Å². The summed E-state index contributed by atoms with van der Waals surface area (Å²) in [5, 5.41) is 62.6. The molecule has 8 rings (SSSR count). The molecular weight excluding hydrogens is 2090 g/mol. The molecule has 0 radical (unpaired) electrons. The predicted octanol–water partition coefficient (Wildman–Crippen LogP) is 16.9. The van der Waals surface area contributed by atoms with Gasteiger partial charge in [-0.3, -0.25) is 97.3 Å². The second kappa shape index (κ2) is 69.1. The molecule has 2 fully saturated rings. The first-order valence-corrected chi connectivity index (χ1v) is 58.4. The molecular formula is C100H142FN13O27P2S6. The van der Waals surface area contributed by atoms with E-state index < -0.39 is 133 Å². The van der Waals surface area contributed by atoms with Crippen molar-refractivity contribution < 1.29 is 125 Å². The average Bonchev–Trinajstić information content (AvgIpc) is 1.80. The fourth-order valence-electron chi connectivity index (χ4n) is 16.2. The van der Waals surface area contributed by atoms with Crippen LogP contribution >= 0.6 is 83.4 Å². The smallest absolute Gasteiger partial charge is 0.355 e. The summed E-state index contributed by atoms with van der Waals surface area (Å²) in [5.74, 6) is -9.00. The van der Waals surface area contributed by atoms with Gasteiger partial charge in [-0.25, -0.2) is 28.9 Å². The molecule has 4 aromatic heterocycles. The minimum atomic E-state index is -1.42. The molecule has 6 aromatic rings. The molecule has 0 aliphatic carbocycles. The Bertz CT molecular complexity index is 5320. The van der Waals surface area contributed by atoms with Crippen LogP contribution in [0.15, 0.2) is 106 Å². The molecule has 2 aromatic carbocycles. The monoisotopic (exact) mass is 2230 g/mol. The lowest BCUT2D eigenvalue weighted by Crippen LogP contribution is -2.50. The number of benzene rings is 2. The molecule has 2 saturated heterocycles. The van der Waals surface area contributed by atoms with Gasteiger partial charge in [-0.05, 0) is 184 Å². The molecule has 6 N–H and O–H groups in total. The summed E-state index contributed by atoms with van der Waals surface area (Å²) >= 11 is 1.99. The van der Waals surface area contributed by atoms with Gasteiger partial charge in [0.2, 0.25) is 29.9 Å². The zero-order valence-corrected chi connectivity index (χ0v) is 93.9. The summed E-state index contributed by atoms with van der Waals surface area (Å²) in [6.45, 7) is 23.2. The number of nitro groups is 2. The third-order valence-corrected chi connectivity index (χ3v) is 30.8. The number of piperidine rings is 2. The van der Waals surface area contributed by atoms with Crippen LogP contribution in [-0.4, -0.2) is 250 Å². The highest BCUT2D eigenvalue weighted by atomic mass is 33.1. The molecule has 149 heavy (non-hydrogen) atoms. The van der Waals surface area contributed by atoms with Crippen LogP contribution < -0.4 is 16.0 Å². The molecule has 40 nitrogen and oxygen atoms in total. The Kier molecular flexibility index (Phi) is 59.8. The van der Waals surface area contributed by atoms with Crippen LogP contribution in [0.2, 0.25) is 0 Å². The number of carboxylic acids is 1. The maximum Gasteiger partial charge on any atom is 0.355 e. The van der Waals surface area contributed by atoms with Gasteiger partial charge >= 0.3 is 53.2 Å². The van der Waals surface area contributed by atoms with Crippen molar-refractivity contribution in [3.05, 3.63) is 149 Å². The normalized spacial score (nSPS) is 15.7. The number of phenolic OH excluding ortho intramolecular Hbond substituents is 2. The first-order chi connectivity index (χ1) is 70.9. The third-order valence-electron chi connectivity index (χ3n) is 24.5. The van der Waals surface area contributed by atoms with Crippen molar-refractivity contribution in [3.8, 4) is 11.5 Å². The Balaban J connectivity index is 0.000000437. The average molecular weight is 2230 g/mol. The zero-order valence-electron chi connectivity index (χ0n) is 86.8. The van der Waals surface area contributed by atoms with E-state index in [0.717, 1.165) is 119 Å². The van der Waals surface area contributed by atoms with Crippen LogP contribution in [0.25, 0.3) is 0 Å². The highest BCUT2D eigenvalue weighted by molar-refractivity contribution is 8.77. The van der Waals surface area contributed by atoms with Gasteiger partial charge in [-0.2, -0.15) is 0 Å². The van der Waals surface area contributed by atoms with Gasteiger partial charge in [0.25, 0.3) is 5.91 Å². The number of halogens is 1. The molecule has 0 saturated carbocycles. The van der Waals surface area contributed by atoms with Crippen LogP contribution in [0.3, 0.4) is 0 Å². The number of rotatable bonds is 58. The number of nitrogens with one attached hydrogen (secondary N) is 3. The Morgan fingerprint density at radius 1 is 0.577 bits per heavy atom. The number of hydrogen-bond acceptors (Lipinski definition) is 38. The number of hydrogen-bond donors (Lipinski definition) is 6. The predicted molar refractivity (Wildman–Crippen MR) is 572 cm³/mol. The SMILES string of the molecule is CCCC(=O)OCN(C(=O)[C@@H](CC(=O)C1CCCCN1C)[C@@H](C)CC)[C@@H](OC(C)=O)c1nc(C(=O)O)cs1.CCCC(=O)OCN(C(=O)[C@@H](CC(=O)C1CCCCN1C)[C@@H](C)CC)[C@H](C[C@@H](OC(C)=O)c1nc(C(=O)N[C@@H](Cc2ccc(O)cc2)C[C@H](C)C(=O)NCC(=O)OCCSSc2ncccc2[N+](=O)[O-])cs1)C(C)C.C[C@@H](Cc1ccc(O)cc1)C[C@H](C)C(=O)NCC(=O)OCCSSc1ncccc1[N+](=O)[O-].FPP. The highest BCUT2D eigenvalue weighted by Crippen LogP contribution is 2.40. The van der Waals surface area contributed by atoms with E-state index in [1.54, 1.807) is 31.2 Å². The lowest BCUT2D eigenvalue weighted by atomic mass is 9.82. The fourth-order valence-corrected chi connectivity index (χ4v) is 21.6. The lowest BCUT2D eigenvalue weighted by molar-refractivity contribution is -0.388. The van der Waals surface area contributed by atoms with Crippen LogP contribution in [0.4, 0.5) is 15.6 Å². The van der Waals surface area contributed by atoms with Gasteiger partial charge in [0.15, 0.2) is 51.9 Å². The van der Waals surface area contributed by atoms with E-state index >= 15 is 0 Å². The number of pyridine rings is 2. The van der Waals surface area contributed by atoms with E-state index in [1.807, 2.05) is 107 Å². The maximum atomic E-state index is 15.0. The first-order valence-electron chi connectivity index (χ1n) is 49.3. The summed E-state index contributed by atoms with van der Waals surface area (Å²) in [7, 11) is 10.0. The third kappa shape index (κ3) is 46.3. The topological polar surface area (TPSA) is 542 Å². The maximum absolute atomic E-state index is 15.0. The molecule has 2 aliphatic heterocycles. The van der Waals surface area contributed by atoms with Gasteiger partial charge in [0.1, 0.15) is 48.5 Å². The Morgan fingerprint density at radius 2 is 1.01 bits per heavy atom. The summed E-state index contributed by atoms with van der Waals surface area (Å²) in [4.78, 5) is 226. The van der Waals surface area contributed by atoms with E-state index in [2.05, 4.69) is 42.8 Å². The van der Waals surface area contributed by atoms with Crippen molar-refractivity contribution >= 4 is 178 Å². The standard InChI is InChI=1S/C52H73N7O13S3.C26H39N3O8S.C22H27N3O6S2.FH3P2/c1-9-14-46(63)71-31-58(52(67)39(33(5)10-2)27-44(62)41-15-11-12-22-57(41)8)43(32(3)4)28-45(72-35(7)60)51-56-40(30-73-51)49(66)55-37(26-36-17-19-38(61)20-18-36)25-34(6)48(65)54-29-47(64)70-23-24-74-75-50-42(59(68)69)16-13-21-53-50;1-6-10-22(32)36-15-29(25(37-17(4)30)23-27-19(14-38-23)26(34)35)24(33)18(16(3)7-2)13-21(31)20-11-8-9-12-28(20)5;1-15(13-17-5-7-18(26)8-6-17)12-16(2)21(28)24-14-20(27)31-10-11-32-33-22-19(25(29)30)4-3-9-23-22;1-3-2/h13,16-21,30,32-34,37,39,41,43,45,61H,9-12,14-15,22-29,31H2,1-8H3,(H,54,65)(H,55,66);14,16,18,20,25H,6-13,15H2,1-5H3,(H,34,35);3-9,15-16,26H,10-14H2,1-2H3,(H,24,28);3H,2H2/t33-,34-,37+,39-,41?,43+,45+;16-,18-,20?,25-;15-,16+;/m001./s1. The Hall–Kier alpha value is -10.5. The molecule has 822 valence electrons. The Labute approximate surface area is 896 Å². The van der Waals surface area contributed by atoms with Crippen LogP contribution in [0.1, 0.15) is 254 Å². The molecule has 0 bridgehead atoms. The number of thiazole rings is 2. The van der Waals surface area contributed by atoms with Crippen molar-refractivity contribution in [1.29, 1.82) is 0 Å². The van der Waals surface area contributed by atoms with Gasteiger partial charge in [-0.15, -0.1) is 22.7 Å². The van der Waals surface area contributed by atoms with E-state index in [4.69, 9.17) is 28.4 Å². The summed E-state index contributed by atoms with van der Waals surface area (Å²) in [6.07, 6.45) is 10.2. The quantitative estimate of drug-likeness (QED) is 0.00302. The van der Waals surface area contributed by atoms with E-state index in [-0.39, 0.29) is 186 Å². The van der Waals surface area contributed by atoms with Crippen molar-refractivity contribution in [1.82, 2.24) is 55.5 Å². The van der Waals surface area contributed by atoms with E-state index in [0.29, 0.717) is 55.1 Å². The van der Waals surface area contributed by atoms with Crippen molar-refractivity contribution in [3.63, 3.8) is 0 Å². The summed E-state index contributed by atoms with van der Waals surface area (Å²) < 4.78 is 43.0. The van der Waals surface area contributed by atoms with Gasteiger partial charge in [0, 0.05) is 128 Å². The number of aromatic nitrogens is 4. The van der Waals surface area contributed by atoms with E-state index in [1.165, 1.54) is 93.0 Å². The van der Waals surface area contributed by atoms with Crippen molar-refractivity contribution in [2.45, 2.75) is 259 Å². The Morgan fingerprint density at radius 3 is 1.43 bits per heavy atom. The largest absolute Gasteiger partial charge is 0.508 e. The van der Waals surface area contributed by atoms with Crippen LogP contribution in [0, 0.1) is 67.6 Å². The molecule has 49 heteroatoms. The molecule has 4 unspecified atom stereocenters. The summed E-state index contributed by atoms with van der Waals surface area (Å²) in [6, 6.07) is 17.2. The van der Waals surface area contributed by atoms with Crippen molar-refractivity contribution in [2.75, 3.05) is 78.5 Å². The summed E-state index contributed by atoms with van der Waals surface area (Å²) in [5.41, 5.74) is 1.37. The number of likely N-dealkylation sites (N-methyl/N-ethyl adjacent to an activating group) is 2. The number of aromatic carboxylic acids is 1.